The third-order valence-electron chi connectivity index (χ3n) is 3.95. The van der Waals surface area contributed by atoms with Gasteiger partial charge < -0.3 is 26.5 Å². The SMILES string of the molecule is CCC[NH+](CCC)CCc1c[nH]c2cccc(OS(C)(=O)=O)c12.[Cl-]. The number of H-pyrrole nitrogens is 1. The van der Waals surface area contributed by atoms with Crippen LogP contribution in [0.25, 0.3) is 10.9 Å². The van der Waals surface area contributed by atoms with Crippen molar-refractivity contribution in [3.05, 3.63) is 30.0 Å². The lowest BCUT2D eigenvalue weighted by Gasteiger charge is -2.18. The van der Waals surface area contributed by atoms with E-state index >= 15 is 0 Å². The van der Waals surface area contributed by atoms with Crippen LogP contribution in [0.3, 0.4) is 0 Å². The zero-order valence-electron chi connectivity index (χ0n) is 14.6. The fraction of sp³-hybridized carbons (Fsp3) is 0.529. The first-order valence-electron chi connectivity index (χ1n) is 8.26. The molecule has 0 atom stereocenters. The van der Waals surface area contributed by atoms with Gasteiger partial charge in [-0.2, -0.15) is 8.42 Å². The molecule has 0 amide bonds. The van der Waals surface area contributed by atoms with Gasteiger partial charge in [0, 0.05) is 23.5 Å². The summed E-state index contributed by atoms with van der Waals surface area (Å²) in [6, 6.07) is 5.45. The van der Waals surface area contributed by atoms with Gasteiger partial charge in [-0.05, 0) is 30.5 Å². The Balaban J connectivity index is 0.00000288. The smallest absolute Gasteiger partial charge is 0.306 e. The molecule has 136 valence electrons. The predicted molar refractivity (Wildman–Crippen MR) is 93.6 cm³/mol. The van der Waals surface area contributed by atoms with Gasteiger partial charge in [-0.1, -0.05) is 19.9 Å². The first-order chi connectivity index (χ1) is 10.9. The second-order valence-electron chi connectivity index (χ2n) is 6.03. The summed E-state index contributed by atoms with van der Waals surface area (Å²) < 4.78 is 28.1. The Morgan fingerprint density at radius 1 is 1.12 bits per heavy atom. The fourth-order valence-corrected chi connectivity index (χ4v) is 3.51. The van der Waals surface area contributed by atoms with Crippen molar-refractivity contribution in [2.75, 3.05) is 25.9 Å². The Labute approximate surface area is 150 Å². The molecular formula is C17H27ClN2O3S. The first-order valence-corrected chi connectivity index (χ1v) is 10.1. The molecule has 24 heavy (non-hydrogen) atoms. The summed E-state index contributed by atoms with van der Waals surface area (Å²) in [5, 5.41) is 0.880. The maximum Gasteiger partial charge on any atom is 0.306 e. The van der Waals surface area contributed by atoms with E-state index in [0.29, 0.717) is 5.75 Å². The first kappa shape index (κ1) is 20.8. The molecule has 2 aromatic rings. The summed E-state index contributed by atoms with van der Waals surface area (Å²) in [7, 11) is -3.53. The second-order valence-corrected chi connectivity index (χ2v) is 7.60. The molecule has 0 aliphatic carbocycles. The lowest BCUT2D eigenvalue weighted by atomic mass is 10.1. The quantitative estimate of drug-likeness (QED) is 0.540. The van der Waals surface area contributed by atoms with Crippen molar-refractivity contribution in [2.24, 2.45) is 0 Å². The zero-order chi connectivity index (χ0) is 16.9. The van der Waals surface area contributed by atoms with E-state index in [2.05, 4.69) is 18.8 Å². The summed E-state index contributed by atoms with van der Waals surface area (Å²) >= 11 is 0. The highest BCUT2D eigenvalue weighted by Crippen LogP contribution is 2.29. The molecule has 0 spiro atoms. The summed E-state index contributed by atoms with van der Waals surface area (Å²) in [5.74, 6) is 0.411. The molecular weight excluding hydrogens is 348 g/mol. The van der Waals surface area contributed by atoms with Gasteiger partial charge in [0.05, 0.1) is 25.9 Å². The number of hydrogen-bond donors (Lipinski definition) is 2. The summed E-state index contributed by atoms with van der Waals surface area (Å²) in [6.07, 6.45) is 6.29. The van der Waals surface area contributed by atoms with Crippen LogP contribution in [-0.2, 0) is 16.5 Å². The highest BCUT2D eigenvalue weighted by atomic mass is 35.5. The average Bonchev–Trinajstić information content (AvgIpc) is 2.88. The van der Waals surface area contributed by atoms with E-state index in [0.717, 1.165) is 35.7 Å². The van der Waals surface area contributed by atoms with Crippen molar-refractivity contribution in [3.63, 3.8) is 0 Å². The van der Waals surface area contributed by atoms with Gasteiger partial charge in [-0.25, -0.2) is 0 Å². The Bertz CT molecular complexity index is 737. The number of aromatic amines is 1. The maximum atomic E-state index is 11.5. The minimum Gasteiger partial charge on any atom is -1.00 e. The number of fused-ring (bicyclic) bond motifs is 1. The number of hydrogen-bond acceptors (Lipinski definition) is 3. The van der Waals surface area contributed by atoms with Gasteiger partial charge >= 0.3 is 10.1 Å². The average molecular weight is 375 g/mol. The van der Waals surface area contributed by atoms with E-state index in [1.165, 1.54) is 25.9 Å². The van der Waals surface area contributed by atoms with Gasteiger partial charge in [0.15, 0.2) is 5.75 Å². The Morgan fingerprint density at radius 2 is 1.79 bits per heavy atom. The molecule has 0 saturated heterocycles. The summed E-state index contributed by atoms with van der Waals surface area (Å²) in [6.45, 7) is 7.80. The van der Waals surface area contributed by atoms with Crippen LogP contribution in [0.2, 0.25) is 0 Å². The van der Waals surface area contributed by atoms with Crippen LogP contribution >= 0.6 is 0 Å². The van der Waals surface area contributed by atoms with Crippen LogP contribution in [0.1, 0.15) is 32.3 Å². The topological polar surface area (TPSA) is 63.6 Å². The standard InChI is InChI=1S/C17H26N2O3S.ClH/c1-4-10-19(11-5-2)12-9-14-13-18-15-7-6-8-16(17(14)15)22-23(3,20)21;/h6-8,13,18H,4-5,9-12H2,1-3H3;1H. The van der Waals surface area contributed by atoms with E-state index in [9.17, 15) is 8.42 Å². The summed E-state index contributed by atoms with van der Waals surface area (Å²) in [4.78, 5) is 4.81. The van der Waals surface area contributed by atoms with E-state index in [-0.39, 0.29) is 12.4 Å². The number of benzene rings is 1. The molecule has 1 heterocycles. The Morgan fingerprint density at radius 3 is 2.38 bits per heavy atom. The molecule has 0 aliphatic heterocycles. The lowest BCUT2D eigenvalue weighted by Crippen LogP contribution is -3.12. The second kappa shape index (κ2) is 9.30. The summed E-state index contributed by atoms with van der Waals surface area (Å²) in [5.41, 5.74) is 2.03. The van der Waals surface area contributed by atoms with Crippen molar-refractivity contribution < 1.29 is 29.9 Å². The Hall–Kier alpha value is -1.24. The molecule has 0 radical (unpaired) electrons. The van der Waals surface area contributed by atoms with Crippen molar-refractivity contribution in [3.8, 4) is 5.75 Å². The molecule has 0 fully saturated rings. The van der Waals surface area contributed by atoms with Crippen molar-refractivity contribution in [2.45, 2.75) is 33.1 Å². The number of halogens is 1. The number of aromatic nitrogens is 1. The van der Waals surface area contributed by atoms with Crippen molar-refractivity contribution in [1.29, 1.82) is 0 Å². The molecule has 0 aliphatic rings. The number of rotatable bonds is 9. The van der Waals surface area contributed by atoms with Gasteiger partial charge in [0.1, 0.15) is 0 Å². The number of quaternary nitrogens is 1. The molecule has 7 heteroatoms. The van der Waals surface area contributed by atoms with Gasteiger partial charge in [-0.3, -0.25) is 0 Å². The van der Waals surface area contributed by atoms with E-state index in [1.54, 1.807) is 17.0 Å². The molecule has 1 aromatic carbocycles. The minimum absolute atomic E-state index is 0. The molecule has 5 nitrogen and oxygen atoms in total. The third kappa shape index (κ3) is 5.69. The van der Waals surface area contributed by atoms with E-state index in [4.69, 9.17) is 4.18 Å². The normalized spacial score (nSPS) is 11.7. The Kier molecular flexibility index (Phi) is 8.06. The van der Waals surface area contributed by atoms with Crippen LogP contribution < -0.4 is 21.5 Å². The van der Waals surface area contributed by atoms with Crippen LogP contribution in [0.4, 0.5) is 0 Å². The van der Waals surface area contributed by atoms with Crippen LogP contribution in [-0.4, -0.2) is 39.3 Å². The third-order valence-corrected chi connectivity index (χ3v) is 4.43. The van der Waals surface area contributed by atoms with E-state index < -0.39 is 10.1 Å². The molecule has 2 rings (SSSR count). The largest absolute Gasteiger partial charge is 1.00 e. The van der Waals surface area contributed by atoms with Crippen LogP contribution in [0.5, 0.6) is 5.75 Å². The van der Waals surface area contributed by atoms with Gasteiger partial charge in [-0.15, -0.1) is 0 Å². The molecule has 0 saturated carbocycles. The van der Waals surface area contributed by atoms with Crippen LogP contribution in [0, 0.1) is 0 Å². The van der Waals surface area contributed by atoms with E-state index in [1.807, 2.05) is 12.3 Å². The van der Waals surface area contributed by atoms with Crippen molar-refractivity contribution >= 4 is 21.0 Å². The van der Waals surface area contributed by atoms with Gasteiger partial charge in [0.25, 0.3) is 0 Å². The lowest BCUT2D eigenvalue weighted by molar-refractivity contribution is -0.900. The monoisotopic (exact) mass is 374 g/mol. The minimum atomic E-state index is -3.53. The van der Waals surface area contributed by atoms with Crippen LogP contribution in [0.15, 0.2) is 24.4 Å². The molecule has 1 aromatic heterocycles. The van der Waals surface area contributed by atoms with Crippen molar-refractivity contribution in [1.82, 2.24) is 4.98 Å². The zero-order valence-corrected chi connectivity index (χ0v) is 16.1. The highest BCUT2D eigenvalue weighted by Gasteiger charge is 2.15. The van der Waals surface area contributed by atoms with Gasteiger partial charge in [0.2, 0.25) is 0 Å². The predicted octanol–water partition coefficient (Wildman–Crippen LogP) is -1.24. The molecule has 2 N–H and O–H groups in total. The molecule has 0 bridgehead atoms. The molecule has 0 unspecified atom stereocenters. The fourth-order valence-electron chi connectivity index (χ4n) is 3.04. The highest BCUT2D eigenvalue weighted by molar-refractivity contribution is 7.86. The number of nitrogens with one attached hydrogen (secondary N) is 2. The maximum absolute atomic E-state index is 11.5.